The van der Waals surface area contributed by atoms with Crippen LogP contribution in [0.15, 0.2) is 54.4 Å². The van der Waals surface area contributed by atoms with E-state index in [1.165, 1.54) is 6.08 Å². The first-order valence-electron chi connectivity index (χ1n) is 4.70. The van der Waals surface area contributed by atoms with Gasteiger partial charge in [0.1, 0.15) is 5.83 Å². The Labute approximate surface area is 83.0 Å². The van der Waals surface area contributed by atoms with E-state index < -0.39 is 0 Å². The number of allylic oxidation sites excluding steroid dienone is 2. The van der Waals surface area contributed by atoms with Crippen molar-refractivity contribution in [3.05, 3.63) is 54.4 Å². The number of hydrogen-bond acceptors (Lipinski definition) is 1. The first-order valence-corrected chi connectivity index (χ1v) is 4.70. The van der Waals surface area contributed by atoms with Gasteiger partial charge in [-0.1, -0.05) is 24.3 Å². The second-order valence-electron chi connectivity index (χ2n) is 3.31. The fourth-order valence-corrected chi connectivity index (χ4v) is 1.49. The van der Waals surface area contributed by atoms with Crippen molar-refractivity contribution in [1.29, 1.82) is 0 Å². The van der Waals surface area contributed by atoms with Crippen molar-refractivity contribution in [1.82, 2.24) is 0 Å². The van der Waals surface area contributed by atoms with E-state index in [1.807, 2.05) is 36.4 Å². The van der Waals surface area contributed by atoms with E-state index in [9.17, 15) is 4.39 Å². The molecule has 1 nitrogen and oxygen atoms in total. The van der Waals surface area contributed by atoms with Crippen LogP contribution in [0.3, 0.4) is 0 Å². The van der Waals surface area contributed by atoms with Gasteiger partial charge in [0.05, 0.1) is 6.04 Å². The maximum atomic E-state index is 12.9. The molecule has 0 saturated carbocycles. The van der Waals surface area contributed by atoms with Crippen molar-refractivity contribution in [3.63, 3.8) is 0 Å². The normalized spacial score (nSPS) is 20.4. The highest BCUT2D eigenvalue weighted by Crippen LogP contribution is 2.16. The van der Waals surface area contributed by atoms with Crippen LogP contribution in [-0.4, -0.2) is 6.04 Å². The van der Waals surface area contributed by atoms with E-state index in [-0.39, 0.29) is 11.9 Å². The average molecular weight is 189 g/mol. The number of nitrogens with one attached hydrogen (secondary N) is 1. The Morgan fingerprint density at radius 2 is 2.00 bits per heavy atom. The van der Waals surface area contributed by atoms with Gasteiger partial charge in [-0.3, -0.25) is 0 Å². The Morgan fingerprint density at radius 3 is 2.71 bits per heavy atom. The molecule has 1 N–H and O–H groups in total. The molecule has 0 saturated heterocycles. The summed E-state index contributed by atoms with van der Waals surface area (Å²) in [5, 5.41) is 3.24. The van der Waals surface area contributed by atoms with Crippen molar-refractivity contribution >= 4 is 5.69 Å². The summed E-state index contributed by atoms with van der Waals surface area (Å²) in [6, 6.07) is 9.90. The molecular weight excluding hydrogens is 177 g/mol. The molecule has 0 aromatic heterocycles. The fraction of sp³-hybridized carbons (Fsp3) is 0.167. The Kier molecular flexibility index (Phi) is 2.63. The first kappa shape index (κ1) is 9.00. The van der Waals surface area contributed by atoms with E-state index in [1.54, 1.807) is 6.08 Å². The molecule has 2 rings (SSSR count). The van der Waals surface area contributed by atoms with Crippen LogP contribution in [-0.2, 0) is 0 Å². The third-order valence-corrected chi connectivity index (χ3v) is 2.15. The molecule has 1 atom stereocenters. The third-order valence-electron chi connectivity index (χ3n) is 2.15. The second kappa shape index (κ2) is 4.09. The van der Waals surface area contributed by atoms with Crippen molar-refractivity contribution in [2.45, 2.75) is 12.5 Å². The van der Waals surface area contributed by atoms with Crippen LogP contribution < -0.4 is 5.32 Å². The smallest absolute Gasteiger partial charge is 0.120 e. The van der Waals surface area contributed by atoms with Crippen molar-refractivity contribution < 1.29 is 4.39 Å². The molecule has 0 amide bonds. The molecule has 14 heavy (non-hydrogen) atoms. The van der Waals surface area contributed by atoms with Crippen molar-refractivity contribution in [2.75, 3.05) is 5.32 Å². The Morgan fingerprint density at radius 1 is 1.21 bits per heavy atom. The summed E-state index contributed by atoms with van der Waals surface area (Å²) in [7, 11) is 0. The lowest BCUT2D eigenvalue weighted by Gasteiger charge is -2.16. The number of rotatable bonds is 2. The topological polar surface area (TPSA) is 12.0 Å². The number of hydrogen-bond donors (Lipinski definition) is 1. The Balaban J connectivity index is 2.03. The largest absolute Gasteiger partial charge is 0.378 e. The third kappa shape index (κ3) is 2.22. The van der Waals surface area contributed by atoms with Crippen molar-refractivity contribution in [2.24, 2.45) is 0 Å². The van der Waals surface area contributed by atoms with Crippen LogP contribution in [0.1, 0.15) is 6.42 Å². The van der Waals surface area contributed by atoms with Crippen LogP contribution in [0.25, 0.3) is 0 Å². The minimum atomic E-state index is -0.162. The molecule has 0 radical (unpaired) electrons. The van der Waals surface area contributed by atoms with E-state index in [2.05, 4.69) is 5.32 Å². The van der Waals surface area contributed by atoms with Gasteiger partial charge in [-0.05, 0) is 30.7 Å². The SMILES string of the molecule is FC1=CC(Nc2ccccc2)CC=C1. The minimum Gasteiger partial charge on any atom is -0.378 e. The van der Waals surface area contributed by atoms with Gasteiger partial charge in [-0.25, -0.2) is 4.39 Å². The Hall–Kier alpha value is -1.57. The van der Waals surface area contributed by atoms with Gasteiger partial charge in [0.2, 0.25) is 0 Å². The zero-order valence-electron chi connectivity index (χ0n) is 7.78. The molecule has 1 aromatic carbocycles. The second-order valence-corrected chi connectivity index (χ2v) is 3.31. The molecular formula is C12H12FN. The summed E-state index contributed by atoms with van der Waals surface area (Å²) in [5.74, 6) is -0.162. The van der Waals surface area contributed by atoms with Gasteiger partial charge in [0.15, 0.2) is 0 Å². The van der Waals surface area contributed by atoms with Crippen LogP contribution in [0, 0.1) is 0 Å². The van der Waals surface area contributed by atoms with Crippen molar-refractivity contribution in [3.8, 4) is 0 Å². The monoisotopic (exact) mass is 189 g/mol. The van der Waals surface area contributed by atoms with Gasteiger partial charge < -0.3 is 5.32 Å². The zero-order chi connectivity index (χ0) is 9.80. The summed E-state index contributed by atoms with van der Waals surface area (Å²) in [6.07, 6.45) is 5.79. The molecule has 1 aliphatic rings. The lowest BCUT2D eigenvalue weighted by molar-refractivity contribution is 0.644. The minimum absolute atomic E-state index is 0.0717. The van der Waals surface area contributed by atoms with Gasteiger partial charge in [0.25, 0.3) is 0 Å². The highest BCUT2D eigenvalue weighted by atomic mass is 19.1. The number of benzene rings is 1. The first-order chi connectivity index (χ1) is 6.84. The summed E-state index contributed by atoms with van der Waals surface area (Å²) in [6.45, 7) is 0. The summed E-state index contributed by atoms with van der Waals surface area (Å²) in [5.41, 5.74) is 1.02. The highest BCUT2D eigenvalue weighted by molar-refractivity contribution is 5.45. The molecule has 0 bridgehead atoms. The van der Waals surface area contributed by atoms with Gasteiger partial charge in [-0.15, -0.1) is 0 Å². The highest BCUT2D eigenvalue weighted by Gasteiger charge is 2.08. The Bertz CT molecular complexity index is 354. The van der Waals surface area contributed by atoms with Crippen LogP contribution in [0.2, 0.25) is 0 Å². The van der Waals surface area contributed by atoms with E-state index in [0.717, 1.165) is 12.1 Å². The maximum Gasteiger partial charge on any atom is 0.120 e. The molecule has 72 valence electrons. The van der Waals surface area contributed by atoms with Gasteiger partial charge in [-0.2, -0.15) is 0 Å². The van der Waals surface area contributed by atoms with E-state index in [0.29, 0.717) is 0 Å². The molecule has 0 fully saturated rings. The zero-order valence-corrected chi connectivity index (χ0v) is 7.78. The lowest BCUT2D eigenvalue weighted by atomic mass is 10.1. The molecule has 1 aromatic rings. The summed E-state index contributed by atoms with van der Waals surface area (Å²) >= 11 is 0. The standard InChI is InChI=1S/C12H12FN/c13-10-5-4-8-12(9-10)14-11-6-2-1-3-7-11/h1-7,9,12,14H,8H2. The summed E-state index contributed by atoms with van der Waals surface area (Å²) in [4.78, 5) is 0. The van der Waals surface area contributed by atoms with E-state index in [4.69, 9.17) is 0 Å². The number of halogens is 1. The quantitative estimate of drug-likeness (QED) is 0.752. The molecule has 1 aliphatic carbocycles. The average Bonchev–Trinajstić information content (AvgIpc) is 2.19. The van der Waals surface area contributed by atoms with Crippen LogP contribution in [0.5, 0.6) is 0 Å². The molecule has 0 aliphatic heterocycles. The van der Waals surface area contributed by atoms with Gasteiger partial charge in [0, 0.05) is 5.69 Å². The predicted molar refractivity (Wildman–Crippen MR) is 56.8 cm³/mol. The molecule has 0 spiro atoms. The maximum absolute atomic E-state index is 12.9. The predicted octanol–water partition coefficient (Wildman–Crippen LogP) is 3.28. The number of para-hydroxylation sites is 1. The summed E-state index contributed by atoms with van der Waals surface area (Å²) < 4.78 is 12.9. The van der Waals surface area contributed by atoms with Gasteiger partial charge >= 0.3 is 0 Å². The number of anilines is 1. The molecule has 0 heterocycles. The van der Waals surface area contributed by atoms with Crippen LogP contribution in [0.4, 0.5) is 10.1 Å². The molecule has 1 unspecified atom stereocenters. The molecule has 2 heteroatoms. The lowest BCUT2D eigenvalue weighted by Crippen LogP contribution is -2.17. The fourth-order valence-electron chi connectivity index (χ4n) is 1.49. The van der Waals surface area contributed by atoms with E-state index >= 15 is 0 Å². The van der Waals surface area contributed by atoms with Crippen LogP contribution >= 0.6 is 0 Å².